The van der Waals surface area contributed by atoms with Crippen LogP contribution in [0.1, 0.15) is 15.9 Å². The lowest BCUT2D eigenvalue weighted by molar-refractivity contribution is 0.0602. The molecule has 0 saturated carbocycles. The van der Waals surface area contributed by atoms with E-state index in [1.807, 2.05) is 0 Å². The van der Waals surface area contributed by atoms with Gasteiger partial charge in [0.15, 0.2) is 0 Å². The Morgan fingerprint density at radius 3 is 2.79 bits per heavy atom. The second-order valence-corrected chi connectivity index (χ2v) is 3.53. The summed E-state index contributed by atoms with van der Waals surface area (Å²) in [5.74, 6) is -0.493. The summed E-state index contributed by atoms with van der Waals surface area (Å²) in [6.45, 7) is -0.133. The Morgan fingerprint density at radius 1 is 1.64 bits per heavy atom. The number of halogens is 1. The van der Waals surface area contributed by atoms with Gasteiger partial charge in [-0.2, -0.15) is 0 Å². The quantitative estimate of drug-likeness (QED) is 0.621. The normalized spacial score (nSPS) is 9.93. The smallest absolute Gasteiger partial charge is 0.339 e. The van der Waals surface area contributed by atoms with Gasteiger partial charge < -0.3 is 15.6 Å². The predicted molar refractivity (Wildman–Crippen MR) is 55.8 cm³/mol. The molecular formula is C9H10BrNO3. The van der Waals surface area contributed by atoms with E-state index >= 15 is 0 Å². The van der Waals surface area contributed by atoms with Crippen LogP contribution in [0.15, 0.2) is 16.6 Å². The Balaban J connectivity index is 3.21. The third-order valence-corrected chi connectivity index (χ3v) is 2.53. The molecule has 3 N–H and O–H groups in total. The number of carbonyl (C=O) groups excluding carboxylic acids is 1. The molecule has 0 amide bonds. The van der Waals surface area contributed by atoms with Crippen LogP contribution in [0.5, 0.6) is 0 Å². The van der Waals surface area contributed by atoms with Gasteiger partial charge in [-0.3, -0.25) is 0 Å². The van der Waals surface area contributed by atoms with E-state index in [2.05, 4.69) is 20.7 Å². The molecule has 5 heteroatoms. The zero-order valence-corrected chi connectivity index (χ0v) is 9.17. The standard InChI is InChI=1S/C9H10BrNO3/c1-14-9(13)6-3-7(10)5(4-12)2-8(6)11/h2-3,12H,4,11H2,1H3. The maximum Gasteiger partial charge on any atom is 0.339 e. The van der Waals surface area contributed by atoms with Crippen molar-refractivity contribution in [2.24, 2.45) is 0 Å². The first-order valence-corrected chi connectivity index (χ1v) is 4.66. The van der Waals surface area contributed by atoms with E-state index in [9.17, 15) is 4.79 Å². The Labute approximate surface area is 89.8 Å². The number of nitrogen functional groups attached to an aromatic ring is 1. The highest BCUT2D eigenvalue weighted by atomic mass is 79.9. The first-order valence-electron chi connectivity index (χ1n) is 3.87. The van der Waals surface area contributed by atoms with E-state index in [1.54, 1.807) is 0 Å². The number of carbonyl (C=O) groups is 1. The van der Waals surface area contributed by atoms with Crippen molar-refractivity contribution in [3.05, 3.63) is 27.7 Å². The highest BCUT2D eigenvalue weighted by Gasteiger charge is 2.12. The molecule has 14 heavy (non-hydrogen) atoms. The van der Waals surface area contributed by atoms with Crippen molar-refractivity contribution >= 4 is 27.6 Å². The zero-order chi connectivity index (χ0) is 10.7. The van der Waals surface area contributed by atoms with Gasteiger partial charge >= 0.3 is 5.97 Å². The van der Waals surface area contributed by atoms with Gasteiger partial charge in [0.25, 0.3) is 0 Å². The Morgan fingerprint density at radius 2 is 2.29 bits per heavy atom. The Hall–Kier alpha value is -1.07. The van der Waals surface area contributed by atoms with Crippen LogP contribution in [0.3, 0.4) is 0 Å². The maximum absolute atomic E-state index is 11.2. The van der Waals surface area contributed by atoms with Crippen LogP contribution in [0.25, 0.3) is 0 Å². The van der Waals surface area contributed by atoms with Gasteiger partial charge in [-0.1, -0.05) is 15.9 Å². The molecule has 1 rings (SSSR count). The average Bonchev–Trinajstić information content (AvgIpc) is 2.19. The number of benzene rings is 1. The van der Waals surface area contributed by atoms with Gasteiger partial charge in [-0.15, -0.1) is 0 Å². The topological polar surface area (TPSA) is 72.5 Å². The van der Waals surface area contributed by atoms with E-state index in [4.69, 9.17) is 10.8 Å². The van der Waals surface area contributed by atoms with Crippen LogP contribution < -0.4 is 5.73 Å². The number of ether oxygens (including phenoxy) is 1. The average molecular weight is 260 g/mol. The number of hydrogen-bond donors (Lipinski definition) is 2. The molecule has 0 bridgehead atoms. The van der Waals surface area contributed by atoms with Gasteiger partial charge in [0.1, 0.15) is 0 Å². The van der Waals surface area contributed by atoms with Crippen LogP contribution in [0.2, 0.25) is 0 Å². The van der Waals surface area contributed by atoms with Crippen LogP contribution in [-0.2, 0) is 11.3 Å². The Bertz CT molecular complexity index is 365. The number of anilines is 1. The predicted octanol–water partition coefficient (Wildman–Crippen LogP) is 1.31. The summed E-state index contributed by atoms with van der Waals surface area (Å²) < 4.78 is 5.18. The molecule has 0 unspecified atom stereocenters. The van der Waals surface area contributed by atoms with Gasteiger partial charge in [0.2, 0.25) is 0 Å². The fourth-order valence-corrected chi connectivity index (χ4v) is 1.51. The first-order chi connectivity index (χ1) is 6.60. The van der Waals surface area contributed by atoms with E-state index in [0.717, 1.165) is 0 Å². The van der Waals surface area contributed by atoms with Crippen molar-refractivity contribution in [2.45, 2.75) is 6.61 Å². The molecule has 0 aliphatic heterocycles. The SMILES string of the molecule is COC(=O)c1cc(Br)c(CO)cc1N. The second-order valence-electron chi connectivity index (χ2n) is 2.68. The Kier molecular flexibility index (Phi) is 3.49. The summed E-state index contributed by atoms with van der Waals surface area (Å²) in [4.78, 5) is 11.2. The lowest BCUT2D eigenvalue weighted by Crippen LogP contribution is -2.06. The first kappa shape index (κ1) is 11.0. The third-order valence-electron chi connectivity index (χ3n) is 1.79. The summed E-state index contributed by atoms with van der Waals surface area (Å²) >= 11 is 3.22. The number of aliphatic hydroxyl groups is 1. The number of nitrogens with two attached hydrogens (primary N) is 1. The summed E-state index contributed by atoms with van der Waals surface area (Å²) in [6, 6.07) is 3.07. The molecule has 0 aromatic heterocycles. The molecule has 4 nitrogen and oxygen atoms in total. The minimum atomic E-state index is -0.493. The fraction of sp³-hybridized carbons (Fsp3) is 0.222. The van der Waals surface area contributed by atoms with Gasteiger partial charge in [0.05, 0.1) is 19.3 Å². The highest BCUT2D eigenvalue weighted by Crippen LogP contribution is 2.24. The number of aliphatic hydroxyl groups excluding tert-OH is 1. The lowest BCUT2D eigenvalue weighted by atomic mass is 10.1. The van der Waals surface area contributed by atoms with E-state index in [1.165, 1.54) is 19.2 Å². The molecule has 0 atom stereocenters. The largest absolute Gasteiger partial charge is 0.465 e. The second kappa shape index (κ2) is 4.43. The summed E-state index contributed by atoms with van der Waals surface area (Å²) in [5.41, 5.74) is 6.83. The monoisotopic (exact) mass is 259 g/mol. The number of rotatable bonds is 2. The molecule has 0 radical (unpaired) electrons. The molecule has 0 saturated heterocycles. The molecule has 76 valence electrons. The number of methoxy groups -OCH3 is 1. The van der Waals surface area contributed by atoms with Crippen molar-refractivity contribution in [1.82, 2.24) is 0 Å². The van der Waals surface area contributed by atoms with E-state index in [0.29, 0.717) is 15.7 Å². The number of esters is 1. The summed E-state index contributed by atoms with van der Waals surface area (Å²) in [7, 11) is 1.29. The van der Waals surface area contributed by atoms with Gasteiger partial charge in [0, 0.05) is 10.2 Å². The van der Waals surface area contributed by atoms with Crippen LogP contribution >= 0.6 is 15.9 Å². The molecule has 0 heterocycles. The maximum atomic E-state index is 11.2. The van der Waals surface area contributed by atoms with Gasteiger partial charge in [-0.25, -0.2) is 4.79 Å². The number of hydrogen-bond acceptors (Lipinski definition) is 4. The minimum absolute atomic E-state index is 0.133. The molecule has 0 aliphatic rings. The molecule has 1 aromatic carbocycles. The van der Waals surface area contributed by atoms with Crippen LogP contribution in [0, 0.1) is 0 Å². The highest BCUT2D eigenvalue weighted by molar-refractivity contribution is 9.10. The molecular weight excluding hydrogens is 250 g/mol. The van der Waals surface area contributed by atoms with Crippen molar-refractivity contribution in [1.29, 1.82) is 0 Å². The van der Waals surface area contributed by atoms with Crippen LogP contribution in [0.4, 0.5) is 5.69 Å². The third kappa shape index (κ3) is 2.05. The fourth-order valence-electron chi connectivity index (χ4n) is 1.05. The van der Waals surface area contributed by atoms with E-state index in [-0.39, 0.29) is 12.2 Å². The molecule has 0 spiro atoms. The summed E-state index contributed by atoms with van der Waals surface area (Å²) in [5, 5.41) is 8.93. The van der Waals surface area contributed by atoms with E-state index < -0.39 is 5.97 Å². The minimum Gasteiger partial charge on any atom is -0.465 e. The molecule has 0 fully saturated rings. The lowest BCUT2D eigenvalue weighted by Gasteiger charge is -2.07. The van der Waals surface area contributed by atoms with Gasteiger partial charge in [-0.05, 0) is 17.7 Å². The zero-order valence-electron chi connectivity index (χ0n) is 7.58. The molecule has 1 aromatic rings. The van der Waals surface area contributed by atoms with Crippen LogP contribution in [-0.4, -0.2) is 18.2 Å². The molecule has 0 aliphatic carbocycles. The van der Waals surface area contributed by atoms with Crippen molar-refractivity contribution in [3.63, 3.8) is 0 Å². The summed E-state index contributed by atoms with van der Waals surface area (Å²) in [6.07, 6.45) is 0. The van der Waals surface area contributed by atoms with Crippen molar-refractivity contribution in [2.75, 3.05) is 12.8 Å². The van der Waals surface area contributed by atoms with Crippen molar-refractivity contribution in [3.8, 4) is 0 Å². The van der Waals surface area contributed by atoms with Crippen molar-refractivity contribution < 1.29 is 14.6 Å².